The molecule has 0 aliphatic heterocycles. The topological polar surface area (TPSA) is 3.88 Å². The maximum atomic E-state index is 2.49. The van der Waals surface area contributed by atoms with Crippen LogP contribution in [0.3, 0.4) is 0 Å². The monoisotopic (exact) mass is 372 g/mol. The van der Waals surface area contributed by atoms with Gasteiger partial charge in [0.15, 0.2) is 0 Å². The summed E-state index contributed by atoms with van der Waals surface area (Å²) in [5.41, 5.74) is 7.04. The van der Waals surface area contributed by atoms with Crippen molar-refractivity contribution in [2.45, 2.75) is 57.3 Å². The van der Waals surface area contributed by atoms with E-state index in [2.05, 4.69) is 94.0 Å². The molecule has 0 spiro atoms. The third-order valence-electron chi connectivity index (χ3n) is 4.56. The molecule has 0 aliphatic rings. The predicted molar refractivity (Wildman–Crippen MR) is 104 cm³/mol. The number of hydrogen-bond donors (Lipinski definition) is 0. The molecule has 1 heterocycles. The van der Waals surface area contributed by atoms with E-state index in [1.54, 1.807) is 4.40 Å². The van der Waals surface area contributed by atoms with E-state index in [0.29, 0.717) is 0 Å². The summed E-state index contributed by atoms with van der Waals surface area (Å²) in [7, 11) is 2.20. The van der Waals surface area contributed by atoms with Crippen molar-refractivity contribution in [1.29, 1.82) is 0 Å². The summed E-state index contributed by atoms with van der Waals surface area (Å²) in [5.74, 6) is 7.46. The average Bonchev–Trinajstić information content (AvgIpc) is 2.39. The van der Waals surface area contributed by atoms with Crippen LogP contribution >= 0.6 is 0 Å². The van der Waals surface area contributed by atoms with Gasteiger partial charge in [0.2, 0.25) is 0 Å². The van der Waals surface area contributed by atoms with Crippen LogP contribution in [0.2, 0.25) is 17.3 Å². The first-order valence-corrected chi connectivity index (χ1v) is 15.9. The summed E-state index contributed by atoms with van der Waals surface area (Å²) < 4.78 is 3.96. The molecule has 0 bridgehead atoms. The number of aromatic nitrogens is 1. The van der Waals surface area contributed by atoms with Gasteiger partial charge in [-0.2, -0.15) is 0 Å². The van der Waals surface area contributed by atoms with Crippen LogP contribution in [-0.4, -0.2) is 13.3 Å². The van der Waals surface area contributed by atoms with Gasteiger partial charge < -0.3 is 0 Å². The van der Waals surface area contributed by atoms with Gasteiger partial charge in [0.05, 0.1) is 0 Å². The second-order valence-corrected chi connectivity index (χ2v) is 19.5. The molecular formula is C21H32GeN+. The number of pyridine rings is 1. The number of nitrogens with zero attached hydrogens (tertiary/aromatic N) is 1. The van der Waals surface area contributed by atoms with E-state index in [1.165, 1.54) is 27.9 Å². The van der Waals surface area contributed by atoms with Crippen LogP contribution in [0.1, 0.15) is 37.5 Å². The van der Waals surface area contributed by atoms with E-state index in [4.69, 9.17) is 0 Å². The standard InChI is InChI=1S/C21H32GeN/c1-15-10-11-16(2)17(12-15)20-13-18(21(3,4)5)19(14-23(20)9)22(6,7)8/h10-14H,1-9H3/q+1. The molecule has 0 unspecified atom stereocenters. The molecule has 2 aromatic rings. The molecule has 0 saturated carbocycles. The van der Waals surface area contributed by atoms with Crippen LogP contribution < -0.4 is 8.96 Å². The van der Waals surface area contributed by atoms with Crippen LogP contribution in [0.5, 0.6) is 0 Å². The molecule has 1 aromatic heterocycles. The molecule has 0 amide bonds. The van der Waals surface area contributed by atoms with Gasteiger partial charge in [-0.3, -0.25) is 0 Å². The summed E-state index contributed by atoms with van der Waals surface area (Å²) in [4.78, 5) is 0. The normalized spacial score (nSPS) is 12.6. The number of benzene rings is 1. The van der Waals surface area contributed by atoms with Gasteiger partial charge in [-0.1, -0.05) is 0 Å². The summed E-state index contributed by atoms with van der Waals surface area (Å²) >= 11 is -1.92. The van der Waals surface area contributed by atoms with E-state index in [0.717, 1.165) is 0 Å². The molecule has 2 rings (SSSR count). The van der Waals surface area contributed by atoms with Crippen molar-refractivity contribution in [3.8, 4) is 11.3 Å². The fraction of sp³-hybridized carbons (Fsp3) is 0.476. The Bertz CT molecular complexity index is 731. The van der Waals surface area contributed by atoms with Crippen molar-refractivity contribution in [3.63, 3.8) is 0 Å². The number of rotatable bonds is 2. The Hall–Kier alpha value is -1.09. The van der Waals surface area contributed by atoms with Crippen molar-refractivity contribution >= 4 is 17.7 Å². The van der Waals surface area contributed by atoms with Gasteiger partial charge in [-0.05, 0) is 0 Å². The predicted octanol–water partition coefficient (Wildman–Crippen LogP) is 4.64. The zero-order chi connectivity index (χ0) is 17.6. The van der Waals surface area contributed by atoms with E-state index < -0.39 is 13.3 Å². The third-order valence-corrected chi connectivity index (χ3v) is 8.79. The van der Waals surface area contributed by atoms with Crippen molar-refractivity contribution in [1.82, 2.24) is 0 Å². The van der Waals surface area contributed by atoms with Crippen LogP contribution in [0.4, 0.5) is 0 Å². The van der Waals surface area contributed by atoms with Crippen molar-refractivity contribution in [2.24, 2.45) is 7.05 Å². The Kier molecular flexibility index (Phi) is 4.83. The van der Waals surface area contributed by atoms with Crippen LogP contribution in [0, 0.1) is 13.8 Å². The van der Waals surface area contributed by atoms with E-state index in [1.807, 2.05) is 0 Å². The fourth-order valence-electron chi connectivity index (χ4n) is 3.15. The molecule has 0 saturated heterocycles. The maximum absolute atomic E-state index is 2.49. The zero-order valence-electron chi connectivity index (χ0n) is 16.3. The molecule has 0 atom stereocenters. The summed E-state index contributed by atoms with van der Waals surface area (Å²) in [6, 6.07) is 9.20. The van der Waals surface area contributed by atoms with E-state index >= 15 is 0 Å². The van der Waals surface area contributed by atoms with Crippen LogP contribution in [0.25, 0.3) is 11.3 Å². The first-order chi connectivity index (χ1) is 10.4. The molecule has 23 heavy (non-hydrogen) atoms. The Balaban J connectivity index is 2.80. The van der Waals surface area contributed by atoms with Crippen molar-refractivity contribution in [3.05, 3.63) is 47.2 Å². The molecule has 2 heteroatoms. The van der Waals surface area contributed by atoms with Gasteiger partial charge >= 0.3 is 145 Å². The van der Waals surface area contributed by atoms with Crippen molar-refractivity contribution in [2.75, 3.05) is 0 Å². The van der Waals surface area contributed by atoms with Gasteiger partial charge in [-0.25, -0.2) is 0 Å². The molecule has 1 nitrogen and oxygen atoms in total. The summed E-state index contributed by atoms with van der Waals surface area (Å²) in [6.45, 7) is 11.4. The minimum absolute atomic E-state index is 0.175. The number of hydrogen-bond acceptors (Lipinski definition) is 0. The quantitative estimate of drug-likeness (QED) is 0.535. The van der Waals surface area contributed by atoms with Crippen LogP contribution in [0.15, 0.2) is 30.5 Å². The van der Waals surface area contributed by atoms with Gasteiger partial charge in [0.1, 0.15) is 0 Å². The molecule has 1 aromatic carbocycles. The third kappa shape index (κ3) is 3.88. The van der Waals surface area contributed by atoms with E-state index in [-0.39, 0.29) is 5.41 Å². The van der Waals surface area contributed by atoms with E-state index in [9.17, 15) is 0 Å². The zero-order valence-corrected chi connectivity index (χ0v) is 18.4. The van der Waals surface area contributed by atoms with Gasteiger partial charge in [-0.15, -0.1) is 0 Å². The van der Waals surface area contributed by atoms with Crippen LogP contribution in [-0.2, 0) is 12.5 Å². The first-order valence-electron chi connectivity index (χ1n) is 8.53. The summed E-state index contributed by atoms with van der Waals surface area (Å²) in [5, 5.41) is 0. The fourth-order valence-corrected chi connectivity index (χ4v) is 7.00. The minimum atomic E-state index is -1.92. The molecule has 0 radical (unpaired) electrons. The molecular weight excluding hydrogens is 339 g/mol. The molecule has 0 fully saturated rings. The Morgan fingerprint density at radius 1 is 0.957 bits per heavy atom. The Morgan fingerprint density at radius 3 is 2.09 bits per heavy atom. The Morgan fingerprint density at radius 2 is 1.57 bits per heavy atom. The average molecular weight is 371 g/mol. The second-order valence-electron chi connectivity index (χ2n) is 8.92. The Labute approximate surface area is 145 Å². The second kappa shape index (κ2) is 6.09. The SMILES string of the molecule is Cc1ccc(C)c(-c2cc(C(C)(C)C)[c]([Ge]([CH3])([CH3])[CH3])c[n+]2C)c1. The molecule has 0 aliphatic carbocycles. The van der Waals surface area contributed by atoms with Crippen molar-refractivity contribution < 1.29 is 4.57 Å². The first kappa shape index (κ1) is 18.3. The number of aryl methyl sites for hydroxylation is 3. The molecule has 124 valence electrons. The summed E-state index contributed by atoms with van der Waals surface area (Å²) in [6.07, 6.45) is 2.41. The van der Waals surface area contributed by atoms with Gasteiger partial charge in [0.25, 0.3) is 0 Å². The molecule has 0 N–H and O–H groups in total. The van der Waals surface area contributed by atoms with Gasteiger partial charge in [0, 0.05) is 0 Å².